The third kappa shape index (κ3) is 8.10. The van der Waals surface area contributed by atoms with E-state index in [0.29, 0.717) is 5.75 Å². The number of aromatic hydroxyl groups is 1. The molecule has 1 aromatic carbocycles. The van der Waals surface area contributed by atoms with E-state index in [-0.39, 0.29) is 24.3 Å². The van der Waals surface area contributed by atoms with Gasteiger partial charge >= 0.3 is 5.97 Å². The Balaban J connectivity index is 2.63. The first-order valence-corrected chi connectivity index (χ1v) is 10.3. The zero-order valence-electron chi connectivity index (χ0n) is 14.9. The lowest BCUT2D eigenvalue weighted by Crippen LogP contribution is -2.55. The van der Waals surface area contributed by atoms with Crippen molar-refractivity contribution in [3.05, 3.63) is 29.8 Å². The molecule has 6 N–H and O–H groups in total. The summed E-state index contributed by atoms with van der Waals surface area (Å²) in [6.45, 7) is 0. The number of benzene rings is 1. The molecule has 150 valence electrons. The molecule has 0 heterocycles. The van der Waals surface area contributed by atoms with Crippen LogP contribution in [0.3, 0.4) is 0 Å². The minimum Gasteiger partial charge on any atom is -0.508 e. The number of aliphatic carboxylic acids is 1. The van der Waals surface area contributed by atoms with Crippen LogP contribution in [0, 0.1) is 0 Å². The Morgan fingerprint density at radius 2 is 1.74 bits per heavy atom. The molecule has 3 unspecified atom stereocenters. The summed E-state index contributed by atoms with van der Waals surface area (Å²) in [6.07, 6.45) is 2.33. The van der Waals surface area contributed by atoms with Gasteiger partial charge in [0.1, 0.15) is 17.8 Å². The fourth-order valence-electron chi connectivity index (χ4n) is 2.22. The number of carbonyl (C=O) groups excluding carboxylic acids is 2. The average molecular weight is 416 g/mol. The van der Waals surface area contributed by atoms with Gasteiger partial charge in [-0.2, -0.15) is 24.4 Å². The third-order valence-corrected chi connectivity index (χ3v) is 4.78. The summed E-state index contributed by atoms with van der Waals surface area (Å²) in [4.78, 5) is 35.8. The maximum atomic E-state index is 12.3. The predicted octanol–water partition coefficient (Wildman–Crippen LogP) is -0.000900. The summed E-state index contributed by atoms with van der Waals surface area (Å²) < 4.78 is 0. The molecule has 8 nitrogen and oxygen atoms in total. The molecule has 0 aliphatic rings. The number of carboxylic acids is 1. The zero-order chi connectivity index (χ0) is 20.4. The molecule has 0 bridgehead atoms. The van der Waals surface area contributed by atoms with Gasteiger partial charge in [-0.25, -0.2) is 4.79 Å². The number of amides is 2. The number of thiol groups is 1. The minimum atomic E-state index is -1.13. The normalized spacial score (nSPS) is 14.0. The third-order valence-electron chi connectivity index (χ3n) is 3.77. The standard InChI is InChI=1S/C17H25N3O5S2/c1-27-7-6-13(17(24)25)19-16(23)14(9-26)20-15(22)12(18)8-10-2-4-11(21)5-3-10/h2-5,12-14,21,26H,6-9,18H2,1H3,(H,19,23)(H,20,22)(H,24,25). The summed E-state index contributed by atoms with van der Waals surface area (Å²) in [5.74, 6) is -1.62. The van der Waals surface area contributed by atoms with Crippen LogP contribution < -0.4 is 16.4 Å². The van der Waals surface area contributed by atoms with Gasteiger partial charge in [-0.3, -0.25) is 9.59 Å². The van der Waals surface area contributed by atoms with Crippen molar-refractivity contribution < 1.29 is 24.6 Å². The number of thioether (sulfide) groups is 1. The molecule has 0 fully saturated rings. The van der Waals surface area contributed by atoms with E-state index >= 15 is 0 Å². The van der Waals surface area contributed by atoms with Crippen LogP contribution >= 0.6 is 24.4 Å². The van der Waals surface area contributed by atoms with Crippen molar-refractivity contribution >= 4 is 42.2 Å². The van der Waals surface area contributed by atoms with Gasteiger partial charge in [-0.05, 0) is 42.5 Å². The molecule has 0 aliphatic carbocycles. The highest BCUT2D eigenvalue weighted by atomic mass is 32.2. The number of rotatable bonds is 11. The second kappa shape index (κ2) is 11.7. The monoisotopic (exact) mass is 415 g/mol. The SMILES string of the molecule is CSCCC(NC(=O)C(CS)NC(=O)C(N)Cc1ccc(O)cc1)C(=O)O. The van der Waals surface area contributed by atoms with E-state index in [1.54, 1.807) is 12.1 Å². The minimum absolute atomic E-state index is 0.00162. The fraction of sp³-hybridized carbons (Fsp3) is 0.471. The summed E-state index contributed by atoms with van der Waals surface area (Å²) >= 11 is 5.53. The molecule has 1 aromatic rings. The van der Waals surface area contributed by atoms with Crippen molar-refractivity contribution in [1.82, 2.24) is 10.6 Å². The number of carbonyl (C=O) groups is 3. The van der Waals surface area contributed by atoms with Crippen LogP contribution in [0.5, 0.6) is 5.75 Å². The van der Waals surface area contributed by atoms with Crippen molar-refractivity contribution in [3.8, 4) is 5.75 Å². The highest BCUT2D eigenvalue weighted by Crippen LogP contribution is 2.11. The Hall–Kier alpha value is -1.91. The Morgan fingerprint density at radius 3 is 2.26 bits per heavy atom. The molecule has 2 amide bonds. The molecule has 0 aromatic heterocycles. The smallest absolute Gasteiger partial charge is 0.326 e. The first-order valence-electron chi connectivity index (χ1n) is 8.25. The van der Waals surface area contributed by atoms with Gasteiger partial charge in [0, 0.05) is 5.75 Å². The van der Waals surface area contributed by atoms with Gasteiger partial charge < -0.3 is 26.6 Å². The molecule has 0 saturated heterocycles. The van der Waals surface area contributed by atoms with E-state index in [0.717, 1.165) is 5.56 Å². The Kier molecular flexibility index (Phi) is 10.0. The average Bonchev–Trinajstić information content (AvgIpc) is 2.64. The molecule has 1 rings (SSSR count). The van der Waals surface area contributed by atoms with Crippen LogP contribution in [0.1, 0.15) is 12.0 Å². The lowest BCUT2D eigenvalue weighted by molar-refractivity contribution is -0.142. The topological polar surface area (TPSA) is 142 Å². The molecule has 0 radical (unpaired) electrons. The maximum absolute atomic E-state index is 12.3. The van der Waals surface area contributed by atoms with E-state index in [1.165, 1.54) is 23.9 Å². The summed E-state index contributed by atoms with van der Waals surface area (Å²) in [5.41, 5.74) is 6.63. The zero-order valence-corrected chi connectivity index (χ0v) is 16.6. The molecule has 10 heteroatoms. The van der Waals surface area contributed by atoms with Crippen LogP contribution in [-0.2, 0) is 20.8 Å². The molecule has 3 atom stereocenters. The number of phenolic OH excluding ortho intramolecular Hbond substituents is 1. The molecule has 0 saturated carbocycles. The van der Waals surface area contributed by atoms with Crippen molar-refractivity contribution in [2.75, 3.05) is 17.8 Å². The van der Waals surface area contributed by atoms with Gasteiger partial charge in [-0.1, -0.05) is 12.1 Å². The maximum Gasteiger partial charge on any atom is 0.326 e. The van der Waals surface area contributed by atoms with Gasteiger partial charge in [-0.15, -0.1) is 0 Å². The highest BCUT2D eigenvalue weighted by molar-refractivity contribution is 7.98. The second-order valence-electron chi connectivity index (χ2n) is 5.90. The molecular formula is C17H25N3O5S2. The number of hydrogen-bond acceptors (Lipinski definition) is 7. The number of phenols is 1. The molecule has 27 heavy (non-hydrogen) atoms. The Labute approximate surface area is 167 Å². The largest absolute Gasteiger partial charge is 0.508 e. The Bertz CT molecular complexity index is 642. The summed E-state index contributed by atoms with van der Waals surface area (Å²) in [6, 6.07) is 3.34. The lowest BCUT2D eigenvalue weighted by atomic mass is 10.1. The molecular weight excluding hydrogens is 390 g/mol. The first kappa shape index (κ1) is 23.1. The van der Waals surface area contributed by atoms with Gasteiger partial charge in [0.25, 0.3) is 0 Å². The van der Waals surface area contributed by atoms with Crippen molar-refractivity contribution in [2.45, 2.75) is 31.0 Å². The van der Waals surface area contributed by atoms with Crippen molar-refractivity contribution in [1.29, 1.82) is 0 Å². The fourth-order valence-corrected chi connectivity index (χ4v) is 2.95. The second-order valence-corrected chi connectivity index (χ2v) is 7.25. The van der Waals surface area contributed by atoms with Crippen LogP contribution in [0.2, 0.25) is 0 Å². The van der Waals surface area contributed by atoms with Crippen LogP contribution in [-0.4, -0.2) is 63.9 Å². The van der Waals surface area contributed by atoms with Crippen molar-refractivity contribution in [2.24, 2.45) is 5.73 Å². The van der Waals surface area contributed by atoms with E-state index in [2.05, 4.69) is 23.3 Å². The van der Waals surface area contributed by atoms with E-state index in [4.69, 9.17) is 5.73 Å². The lowest BCUT2D eigenvalue weighted by Gasteiger charge is -2.21. The van der Waals surface area contributed by atoms with Gasteiger partial charge in [0.05, 0.1) is 6.04 Å². The van der Waals surface area contributed by atoms with Crippen LogP contribution in [0.25, 0.3) is 0 Å². The van der Waals surface area contributed by atoms with E-state index in [1.807, 2.05) is 6.26 Å². The summed E-state index contributed by atoms with van der Waals surface area (Å²) in [7, 11) is 0. The number of carboxylic acid groups (broad SMARTS) is 1. The first-order chi connectivity index (χ1) is 12.8. The highest BCUT2D eigenvalue weighted by Gasteiger charge is 2.27. The molecule has 0 spiro atoms. The number of nitrogens with two attached hydrogens (primary N) is 1. The predicted molar refractivity (Wildman–Crippen MR) is 108 cm³/mol. The van der Waals surface area contributed by atoms with Gasteiger partial charge in [0.15, 0.2) is 0 Å². The summed E-state index contributed by atoms with van der Waals surface area (Å²) in [5, 5.41) is 23.4. The van der Waals surface area contributed by atoms with Gasteiger partial charge in [0.2, 0.25) is 11.8 Å². The quantitative estimate of drug-likeness (QED) is 0.279. The molecule has 0 aliphatic heterocycles. The van der Waals surface area contributed by atoms with E-state index in [9.17, 15) is 24.6 Å². The number of hydrogen-bond donors (Lipinski definition) is 6. The van der Waals surface area contributed by atoms with E-state index < -0.39 is 35.9 Å². The Morgan fingerprint density at radius 1 is 1.15 bits per heavy atom. The van der Waals surface area contributed by atoms with Crippen LogP contribution in [0.15, 0.2) is 24.3 Å². The number of nitrogens with one attached hydrogen (secondary N) is 2. The van der Waals surface area contributed by atoms with Crippen molar-refractivity contribution in [3.63, 3.8) is 0 Å². The van der Waals surface area contributed by atoms with Crippen LogP contribution in [0.4, 0.5) is 0 Å².